The molecule has 1 aliphatic heterocycles. The van der Waals surface area contributed by atoms with E-state index in [1.54, 1.807) is 0 Å². The van der Waals surface area contributed by atoms with Crippen LogP contribution in [0.5, 0.6) is 0 Å². The quantitative estimate of drug-likeness (QED) is 0.199. The van der Waals surface area contributed by atoms with Crippen molar-refractivity contribution in [3.63, 3.8) is 0 Å². The van der Waals surface area contributed by atoms with E-state index in [1.165, 1.54) is 67.7 Å². The summed E-state index contributed by atoms with van der Waals surface area (Å²) in [6, 6.07) is 41.3. The highest BCUT2D eigenvalue weighted by atomic mass is 32.1. The normalized spacial score (nSPS) is 14.8. The summed E-state index contributed by atoms with van der Waals surface area (Å²) in [5, 5.41) is 13.0. The van der Waals surface area contributed by atoms with Gasteiger partial charge in [-0.25, -0.2) is 4.98 Å². The summed E-state index contributed by atoms with van der Waals surface area (Å²) >= 11 is 3.81. The molecule has 43 heavy (non-hydrogen) atoms. The molecular weight excluding hydrogens is 563 g/mol. The van der Waals surface area contributed by atoms with Gasteiger partial charge in [0.25, 0.3) is 0 Å². The lowest BCUT2D eigenvalue weighted by atomic mass is 10.0. The Morgan fingerprint density at radius 1 is 0.605 bits per heavy atom. The predicted molar refractivity (Wildman–Crippen MR) is 186 cm³/mol. The van der Waals surface area contributed by atoms with Crippen LogP contribution in [-0.4, -0.2) is 9.55 Å². The van der Waals surface area contributed by atoms with E-state index >= 15 is 0 Å². The molecule has 0 aliphatic carbocycles. The van der Waals surface area contributed by atoms with Gasteiger partial charge in [0.1, 0.15) is 5.82 Å². The number of nitrogens with zero attached hydrogens (tertiary/aromatic N) is 3. The number of benzene rings is 5. The number of aromatic nitrogens is 2. The molecule has 9 aromatic rings. The Kier molecular flexibility index (Phi) is 4.81. The van der Waals surface area contributed by atoms with E-state index in [0.29, 0.717) is 0 Å². The SMILES string of the molecule is C1=CC(c2ccccc2)[N-]c2ccc(-n3c4ccccc4c4c5c6ccccc6sc5c5c6ccccc6sc5c43)nc21. The molecule has 0 amide bonds. The van der Waals surface area contributed by atoms with E-state index in [4.69, 9.17) is 10.3 Å². The molecule has 0 fully saturated rings. The molecule has 202 valence electrons. The lowest BCUT2D eigenvalue weighted by molar-refractivity contribution is 1.01. The Hall–Kier alpha value is -4.97. The van der Waals surface area contributed by atoms with Gasteiger partial charge in [0.15, 0.2) is 0 Å². The molecule has 0 N–H and O–H groups in total. The second kappa shape index (κ2) is 8.77. The van der Waals surface area contributed by atoms with Crippen molar-refractivity contribution >= 4 is 96.6 Å². The molecular formula is C38H22N3S2-. The van der Waals surface area contributed by atoms with Crippen LogP contribution in [0.1, 0.15) is 17.3 Å². The summed E-state index contributed by atoms with van der Waals surface area (Å²) < 4.78 is 7.72. The molecule has 5 heteroatoms. The van der Waals surface area contributed by atoms with Gasteiger partial charge in [-0.3, -0.25) is 4.57 Å². The molecule has 1 unspecified atom stereocenters. The second-order valence-corrected chi connectivity index (χ2v) is 13.2. The van der Waals surface area contributed by atoms with Crippen LogP contribution < -0.4 is 0 Å². The zero-order chi connectivity index (χ0) is 28.1. The Morgan fingerprint density at radius 2 is 1.28 bits per heavy atom. The maximum atomic E-state index is 5.26. The van der Waals surface area contributed by atoms with E-state index in [0.717, 1.165) is 17.2 Å². The van der Waals surface area contributed by atoms with Crippen molar-refractivity contribution in [2.75, 3.05) is 0 Å². The van der Waals surface area contributed by atoms with Crippen molar-refractivity contribution in [1.82, 2.24) is 9.55 Å². The molecule has 4 aromatic heterocycles. The monoisotopic (exact) mass is 584 g/mol. The van der Waals surface area contributed by atoms with Crippen LogP contribution in [0.15, 0.2) is 121 Å². The Balaban J connectivity index is 1.33. The fourth-order valence-electron chi connectivity index (χ4n) is 6.88. The Morgan fingerprint density at radius 3 is 2.09 bits per heavy atom. The second-order valence-electron chi connectivity index (χ2n) is 11.1. The van der Waals surface area contributed by atoms with Crippen LogP contribution in [0, 0.1) is 0 Å². The number of para-hydroxylation sites is 1. The lowest BCUT2D eigenvalue weighted by Crippen LogP contribution is -2.03. The zero-order valence-electron chi connectivity index (χ0n) is 22.9. The maximum Gasteiger partial charge on any atom is 0.138 e. The van der Waals surface area contributed by atoms with Crippen LogP contribution >= 0.6 is 22.7 Å². The van der Waals surface area contributed by atoms with Crippen molar-refractivity contribution in [3.05, 3.63) is 138 Å². The molecule has 10 rings (SSSR count). The molecule has 0 radical (unpaired) electrons. The third kappa shape index (κ3) is 3.26. The van der Waals surface area contributed by atoms with Gasteiger partial charge in [-0.05, 0) is 30.3 Å². The van der Waals surface area contributed by atoms with Crippen LogP contribution in [0.3, 0.4) is 0 Å². The topological polar surface area (TPSA) is 31.9 Å². The molecule has 1 atom stereocenters. The molecule has 0 saturated carbocycles. The standard InChI is InChI=1S/C38H22N3S2/c1-2-10-22(11-3-1)26-18-19-28-27(39-26)20-21-32(40-28)41-29-15-7-4-12-23(29)33-34-24-13-5-8-16-30(24)42-37(34)35-25-14-6-9-17-31(25)43-38(35)36(33)41/h1-21,26H/q-1. The van der Waals surface area contributed by atoms with Crippen molar-refractivity contribution < 1.29 is 0 Å². The first-order valence-corrected chi connectivity index (χ1v) is 16.1. The lowest BCUT2D eigenvalue weighted by Gasteiger charge is -2.35. The van der Waals surface area contributed by atoms with Crippen LogP contribution in [0.25, 0.3) is 79.4 Å². The van der Waals surface area contributed by atoms with Crippen molar-refractivity contribution in [3.8, 4) is 5.82 Å². The summed E-state index contributed by atoms with van der Waals surface area (Å²) in [4.78, 5) is 5.26. The summed E-state index contributed by atoms with van der Waals surface area (Å²) in [5.41, 5.74) is 5.43. The third-order valence-corrected chi connectivity index (χ3v) is 11.1. The van der Waals surface area contributed by atoms with Gasteiger partial charge in [-0.2, -0.15) is 0 Å². The van der Waals surface area contributed by atoms with E-state index in [9.17, 15) is 0 Å². The average Bonchev–Trinajstić information content (AvgIpc) is 3.74. The number of thiophene rings is 2. The minimum absolute atomic E-state index is 0.00733. The smallest absolute Gasteiger partial charge is 0.138 e. The zero-order valence-corrected chi connectivity index (χ0v) is 24.5. The largest absolute Gasteiger partial charge is 0.673 e. The minimum Gasteiger partial charge on any atom is -0.673 e. The van der Waals surface area contributed by atoms with E-state index < -0.39 is 0 Å². The molecule has 0 bridgehead atoms. The Labute approximate surface area is 255 Å². The number of fused-ring (bicyclic) bond motifs is 13. The maximum absolute atomic E-state index is 5.26. The van der Waals surface area contributed by atoms with Crippen molar-refractivity contribution in [1.29, 1.82) is 0 Å². The number of rotatable bonds is 2. The van der Waals surface area contributed by atoms with Crippen molar-refractivity contribution in [2.24, 2.45) is 0 Å². The van der Waals surface area contributed by atoms with Crippen LogP contribution in [-0.2, 0) is 0 Å². The molecule has 3 nitrogen and oxygen atoms in total. The fraction of sp³-hybridized carbons (Fsp3) is 0.0263. The number of hydrogen-bond donors (Lipinski definition) is 0. The van der Waals surface area contributed by atoms with Gasteiger partial charge in [-0.1, -0.05) is 109 Å². The summed E-state index contributed by atoms with van der Waals surface area (Å²) in [6.45, 7) is 0. The molecule has 1 aliphatic rings. The van der Waals surface area contributed by atoms with Gasteiger partial charge in [0, 0.05) is 46.4 Å². The van der Waals surface area contributed by atoms with Gasteiger partial charge in [0.05, 0.1) is 21.4 Å². The highest BCUT2D eigenvalue weighted by Crippen LogP contribution is 2.52. The fourth-order valence-corrected chi connectivity index (χ4v) is 9.47. The average molecular weight is 585 g/mol. The van der Waals surface area contributed by atoms with Crippen molar-refractivity contribution in [2.45, 2.75) is 6.04 Å². The first-order chi connectivity index (χ1) is 21.3. The highest BCUT2D eigenvalue weighted by molar-refractivity contribution is 7.30. The highest BCUT2D eigenvalue weighted by Gasteiger charge is 2.24. The molecule has 5 aromatic carbocycles. The van der Waals surface area contributed by atoms with Gasteiger partial charge < -0.3 is 5.32 Å². The number of pyridine rings is 1. The van der Waals surface area contributed by atoms with E-state index in [1.807, 2.05) is 28.7 Å². The Bertz CT molecular complexity index is 2600. The molecule has 0 saturated heterocycles. The van der Waals surface area contributed by atoms with E-state index in [-0.39, 0.29) is 6.04 Å². The van der Waals surface area contributed by atoms with Crippen LogP contribution in [0.2, 0.25) is 0 Å². The number of hydrogen-bond acceptors (Lipinski definition) is 3. The minimum atomic E-state index is 0.00733. The molecule has 5 heterocycles. The van der Waals surface area contributed by atoms with Gasteiger partial charge in [-0.15, -0.1) is 28.4 Å². The van der Waals surface area contributed by atoms with Crippen LogP contribution in [0.4, 0.5) is 5.69 Å². The van der Waals surface area contributed by atoms with E-state index in [2.05, 4.69) is 126 Å². The predicted octanol–water partition coefficient (Wildman–Crippen LogP) is 11.7. The summed E-state index contributed by atoms with van der Waals surface area (Å²) in [7, 11) is 0. The summed E-state index contributed by atoms with van der Waals surface area (Å²) in [6.07, 6.45) is 4.29. The first-order valence-electron chi connectivity index (χ1n) is 14.5. The van der Waals surface area contributed by atoms with Gasteiger partial charge >= 0.3 is 0 Å². The first kappa shape index (κ1) is 23.6. The third-order valence-electron chi connectivity index (χ3n) is 8.73. The molecule has 0 spiro atoms. The summed E-state index contributed by atoms with van der Waals surface area (Å²) in [5.74, 6) is 0.917. The van der Waals surface area contributed by atoms with Gasteiger partial charge in [0.2, 0.25) is 0 Å².